The molecule has 5 heteroatoms. The van der Waals surface area contributed by atoms with E-state index in [0.717, 1.165) is 61.5 Å². The molecular formula is C46H29N3O2. The summed E-state index contributed by atoms with van der Waals surface area (Å²) >= 11 is 0. The molecular weight excluding hydrogens is 627 g/mol. The van der Waals surface area contributed by atoms with Crippen molar-refractivity contribution in [3.63, 3.8) is 0 Å². The Balaban J connectivity index is 1.04. The van der Waals surface area contributed by atoms with Crippen LogP contribution in [0.3, 0.4) is 0 Å². The van der Waals surface area contributed by atoms with Crippen molar-refractivity contribution in [1.82, 2.24) is 9.97 Å². The molecule has 10 aromatic rings. The van der Waals surface area contributed by atoms with Crippen LogP contribution in [0.1, 0.15) is 0 Å². The molecule has 2 heterocycles. The highest BCUT2D eigenvalue weighted by molar-refractivity contribution is 6.06. The lowest BCUT2D eigenvalue weighted by Gasteiger charge is -2.27. The van der Waals surface area contributed by atoms with Crippen molar-refractivity contribution >= 4 is 60.8 Å². The van der Waals surface area contributed by atoms with Gasteiger partial charge in [-0.15, -0.1) is 0 Å². The van der Waals surface area contributed by atoms with Gasteiger partial charge < -0.3 is 13.7 Å². The fraction of sp³-hybridized carbons (Fsp3) is 0. The third-order valence-electron chi connectivity index (χ3n) is 9.52. The minimum absolute atomic E-state index is 0.609. The number of fused-ring (bicyclic) bond motifs is 4. The first-order valence-corrected chi connectivity index (χ1v) is 17.0. The van der Waals surface area contributed by atoms with E-state index in [1.807, 2.05) is 48.5 Å². The second-order valence-corrected chi connectivity index (χ2v) is 12.7. The first-order chi connectivity index (χ1) is 25.2. The number of hydrogen-bond acceptors (Lipinski definition) is 5. The quantitative estimate of drug-likeness (QED) is 0.167. The summed E-state index contributed by atoms with van der Waals surface area (Å²) in [5.41, 5.74) is 10.6. The van der Waals surface area contributed by atoms with Crippen molar-refractivity contribution < 1.29 is 8.83 Å². The average molecular weight is 656 g/mol. The van der Waals surface area contributed by atoms with Crippen molar-refractivity contribution in [2.45, 2.75) is 0 Å². The lowest BCUT2D eigenvalue weighted by Crippen LogP contribution is -2.10. The van der Waals surface area contributed by atoms with Crippen LogP contribution in [0.5, 0.6) is 0 Å². The molecule has 10 rings (SSSR count). The first-order valence-electron chi connectivity index (χ1n) is 17.0. The minimum atomic E-state index is 0.609. The molecule has 51 heavy (non-hydrogen) atoms. The summed E-state index contributed by atoms with van der Waals surface area (Å²) in [6.45, 7) is 0. The van der Waals surface area contributed by atoms with Gasteiger partial charge in [0.1, 0.15) is 11.0 Å². The second kappa shape index (κ2) is 11.9. The summed E-state index contributed by atoms with van der Waals surface area (Å²) in [5.74, 6) is 1.23. The summed E-state index contributed by atoms with van der Waals surface area (Å²) in [5, 5.41) is 4.80. The lowest BCUT2D eigenvalue weighted by atomic mass is 10.0. The van der Waals surface area contributed by atoms with Crippen molar-refractivity contribution in [3.8, 4) is 34.0 Å². The molecule has 0 fully saturated rings. The van der Waals surface area contributed by atoms with Gasteiger partial charge in [-0.2, -0.15) is 0 Å². The smallest absolute Gasteiger partial charge is 0.227 e. The van der Waals surface area contributed by atoms with E-state index in [4.69, 9.17) is 13.8 Å². The van der Waals surface area contributed by atoms with E-state index < -0.39 is 0 Å². The van der Waals surface area contributed by atoms with Gasteiger partial charge in [0.05, 0.1) is 5.69 Å². The molecule has 0 atom stereocenters. The first kappa shape index (κ1) is 29.0. The standard InChI is InChI=1S/C46H29N3O2/c1-2-9-35-29-39-36(28-34(35)8-1)10-7-13-42(39)49(38-26-22-33(23-27-38)46-48-41-12-4-6-15-44(41)51-46)37-24-20-31(21-25-37)30-16-18-32(19-17-30)45-47-40-11-3-5-14-43(40)50-45/h1-29H. The van der Waals surface area contributed by atoms with Gasteiger partial charge in [0, 0.05) is 27.9 Å². The van der Waals surface area contributed by atoms with Crippen LogP contribution >= 0.6 is 0 Å². The van der Waals surface area contributed by atoms with E-state index in [-0.39, 0.29) is 0 Å². The number of nitrogens with zero attached hydrogens (tertiary/aromatic N) is 3. The Morgan fingerprint density at radius 1 is 0.373 bits per heavy atom. The Morgan fingerprint density at radius 2 is 0.824 bits per heavy atom. The molecule has 0 aliphatic heterocycles. The molecule has 0 unspecified atom stereocenters. The van der Waals surface area contributed by atoms with Gasteiger partial charge in [-0.25, -0.2) is 9.97 Å². The highest BCUT2D eigenvalue weighted by Crippen LogP contribution is 2.41. The van der Waals surface area contributed by atoms with Gasteiger partial charge in [-0.05, 0) is 118 Å². The Bertz CT molecular complexity index is 2780. The molecule has 2 aromatic heterocycles. The number of hydrogen-bond donors (Lipinski definition) is 0. The molecule has 8 aromatic carbocycles. The van der Waals surface area contributed by atoms with E-state index >= 15 is 0 Å². The Kier molecular flexibility index (Phi) is 6.74. The predicted octanol–water partition coefficient (Wildman–Crippen LogP) is 12.7. The highest BCUT2D eigenvalue weighted by Gasteiger charge is 2.18. The van der Waals surface area contributed by atoms with Crippen LogP contribution in [0.2, 0.25) is 0 Å². The number of rotatable bonds is 6. The fourth-order valence-corrected chi connectivity index (χ4v) is 6.93. The van der Waals surface area contributed by atoms with E-state index in [0.29, 0.717) is 11.8 Å². The normalized spacial score (nSPS) is 11.5. The Labute approximate surface area is 293 Å². The van der Waals surface area contributed by atoms with Gasteiger partial charge in [0.2, 0.25) is 11.8 Å². The zero-order valence-corrected chi connectivity index (χ0v) is 27.4. The largest absolute Gasteiger partial charge is 0.436 e. The van der Waals surface area contributed by atoms with Crippen LogP contribution in [-0.4, -0.2) is 9.97 Å². The summed E-state index contributed by atoms with van der Waals surface area (Å²) in [6.07, 6.45) is 0. The SMILES string of the molecule is c1ccc2cc3c(N(c4ccc(-c5ccc(-c6nc7ccccc7o6)cc5)cc4)c4ccc(-c5nc6ccccc6o5)cc4)cccc3cc2c1. The van der Waals surface area contributed by atoms with Gasteiger partial charge in [-0.3, -0.25) is 0 Å². The highest BCUT2D eigenvalue weighted by atomic mass is 16.4. The molecule has 0 N–H and O–H groups in total. The van der Waals surface area contributed by atoms with E-state index in [9.17, 15) is 0 Å². The van der Waals surface area contributed by atoms with Crippen LogP contribution < -0.4 is 4.90 Å². The van der Waals surface area contributed by atoms with Crippen LogP contribution in [0.25, 0.3) is 77.8 Å². The van der Waals surface area contributed by atoms with Crippen LogP contribution in [0.4, 0.5) is 17.1 Å². The summed E-state index contributed by atoms with van der Waals surface area (Å²) < 4.78 is 12.1. The van der Waals surface area contributed by atoms with Gasteiger partial charge >= 0.3 is 0 Å². The van der Waals surface area contributed by atoms with E-state index in [1.165, 1.54) is 21.5 Å². The summed E-state index contributed by atoms with van der Waals surface area (Å²) in [6, 6.07) is 60.9. The van der Waals surface area contributed by atoms with Gasteiger partial charge in [0.15, 0.2) is 11.2 Å². The van der Waals surface area contributed by atoms with Crippen molar-refractivity contribution in [3.05, 3.63) is 176 Å². The maximum Gasteiger partial charge on any atom is 0.227 e. The molecule has 0 radical (unpaired) electrons. The molecule has 0 bridgehead atoms. The number of para-hydroxylation sites is 4. The maximum absolute atomic E-state index is 6.09. The summed E-state index contributed by atoms with van der Waals surface area (Å²) in [4.78, 5) is 11.7. The van der Waals surface area contributed by atoms with E-state index in [1.54, 1.807) is 0 Å². The van der Waals surface area contributed by atoms with Crippen LogP contribution in [0.15, 0.2) is 185 Å². The zero-order chi connectivity index (χ0) is 33.7. The predicted molar refractivity (Wildman–Crippen MR) is 208 cm³/mol. The topological polar surface area (TPSA) is 55.3 Å². The third-order valence-corrected chi connectivity index (χ3v) is 9.52. The second-order valence-electron chi connectivity index (χ2n) is 12.7. The molecule has 0 spiro atoms. The average Bonchev–Trinajstić information content (AvgIpc) is 3.83. The monoisotopic (exact) mass is 655 g/mol. The summed E-state index contributed by atoms with van der Waals surface area (Å²) in [7, 11) is 0. The van der Waals surface area contributed by atoms with Crippen molar-refractivity contribution in [2.24, 2.45) is 0 Å². The van der Waals surface area contributed by atoms with E-state index in [2.05, 4.69) is 137 Å². The molecule has 0 saturated heterocycles. The zero-order valence-electron chi connectivity index (χ0n) is 27.4. The molecule has 0 saturated carbocycles. The Hall–Kier alpha value is -6.98. The maximum atomic E-state index is 6.09. The lowest BCUT2D eigenvalue weighted by molar-refractivity contribution is 0.619. The number of benzene rings is 8. The molecule has 5 nitrogen and oxygen atoms in total. The van der Waals surface area contributed by atoms with Crippen LogP contribution in [0, 0.1) is 0 Å². The fourth-order valence-electron chi connectivity index (χ4n) is 6.93. The molecule has 0 amide bonds. The van der Waals surface area contributed by atoms with Crippen LogP contribution in [-0.2, 0) is 0 Å². The van der Waals surface area contributed by atoms with Crippen molar-refractivity contribution in [1.29, 1.82) is 0 Å². The third kappa shape index (κ3) is 5.20. The van der Waals surface area contributed by atoms with Gasteiger partial charge in [-0.1, -0.05) is 84.9 Å². The number of anilines is 3. The number of oxazole rings is 2. The molecule has 0 aliphatic rings. The minimum Gasteiger partial charge on any atom is -0.436 e. The molecule has 0 aliphatic carbocycles. The Morgan fingerprint density at radius 3 is 1.39 bits per heavy atom. The van der Waals surface area contributed by atoms with Gasteiger partial charge in [0.25, 0.3) is 0 Å². The molecule has 240 valence electrons. The van der Waals surface area contributed by atoms with Crippen molar-refractivity contribution in [2.75, 3.05) is 4.90 Å². The number of aromatic nitrogens is 2.